The molecule has 182 valence electrons. The number of aromatic nitrogens is 5. The second-order valence-electron chi connectivity index (χ2n) is 8.65. The maximum absolute atomic E-state index is 13.3. The molecular weight excluding hydrogens is 459 g/mol. The Balaban J connectivity index is 1.58. The van der Waals surface area contributed by atoms with E-state index < -0.39 is 11.7 Å². The fraction of sp³-hybridized carbons (Fsp3) is 0.333. The Morgan fingerprint density at radius 2 is 1.77 bits per heavy atom. The average Bonchev–Trinajstić information content (AvgIpc) is 3.49. The molecule has 11 heteroatoms. The smallest absolute Gasteiger partial charge is 0.417 e. The third-order valence-corrected chi connectivity index (χ3v) is 6.25. The lowest BCUT2D eigenvalue weighted by molar-refractivity contribution is -0.137. The van der Waals surface area contributed by atoms with E-state index in [0.29, 0.717) is 29.1 Å². The molecule has 5 heterocycles. The van der Waals surface area contributed by atoms with E-state index >= 15 is 0 Å². The molecule has 4 aromatic rings. The molecule has 1 saturated heterocycles. The van der Waals surface area contributed by atoms with Crippen molar-refractivity contribution in [3.8, 4) is 23.1 Å². The highest BCUT2D eigenvalue weighted by molar-refractivity contribution is 5.80. The summed E-state index contributed by atoms with van der Waals surface area (Å²) in [5.74, 6) is 0.786. The minimum absolute atomic E-state index is 0.116. The van der Waals surface area contributed by atoms with Gasteiger partial charge in [-0.25, -0.2) is 15.0 Å². The fourth-order valence-corrected chi connectivity index (χ4v) is 4.27. The highest BCUT2D eigenvalue weighted by atomic mass is 19.4. The molecule has 0 saturated carbocycles. The van der Waals surface area contributed by atoms with Crippen LogP contribution in [0.25, 0.3) is 28.4 Å². The SMILES string of the molecule is COc1ccc(-n2c(-c3ccc(N4CCC(N(C)C)C4)cn3)nc3cc(C(F)(F)F)cnc32)cn1. The third-order valence-electron chi connectivity index (χ3n) is 6.25. The molecule has 0 bridgehead atoms. The molecule has 35 heavy (non-hydrogen) atoms. The Bertz CT molecular complexity index is 1330. The van der Waals surface area contributed by atoms with Gasteiger partial charge in [0.1, 0.15) is 11.2 Å². The summed E-state index contributed by atoms with van der Waals surface area (Å²) in [6, 6.07) is 8.69. The summed E-state index contributed by atoms with van der Waals surface area (Å²) in [6.07, 6.45) is 0.697. The number of methoxy groups -OCH3 is 1. The Kier molecular flexibility index (Phi) is 5.79. The van der Waals surface area contributed by atoms with Crippen molar-refractivity contribution in [1.29, 1.82) is 0 Å². The highest BCUT2D eigenvalue weighted by Crippen LogP contribution is 2.33. The number of pyridine rings is 3. The lowest BCUT2D eigenvalue weighted by Crippen LogP contribution is -2.31. The van der Waals surface area contributed by atoms with E-state index in [4.69, 9.17) is 4.74 Å². The van der Waals surface area contributed by atoms with Crippen molar-refractivity contribution in [2.45, 2.75) is 18.6 Å². The molecule has 0 aromatic carbocycles. The first-order valence-corrected chi connectivity index (χ1v) is 11.1. The molecule has 0 amide bonds. The number of ether oxygens (including phenoxy) is 1. The van der Waals surface area contributed by atoms with Gasteiger partial charge in [-0.15, -0.1) is 0 Å². The molecule has 1 aliphatic heterocycles. The van der Waals surface area contributed by atoms with E-state index in [9.17, 15) is 13.2 Å². The number of hydrogen-bond donors (Lipinski definition) is 0. The zero-order chi connectivity index (χ0) is 24.7. The first kappa shape index (κ1) is 23.0. The van der Waals surface area contributed by atoms with Crippen molar-refractivity contribution >= 4 is 16.9 Å². The normalized spacial score (nSPS) is 16.4. The Morgan fingerprint density at radius 1 is 1.00 bits per heavy atom. The number of likely N-dealkylation sites (N-methyl/N-ethyl adjacent to an activating group) is 1. The largest absolute Gasteiger partial charge is 0.481 e. The number of hydrogen-bond acceptors (Lipinski definition) is 7. The fourth-order valence-electron chi connectivity index (χ4n) is 4.27. The Hall–Kier alpha value is -3.73. The standard InChI is InChI=1S/C24H24F3N7O/c1-32(2)18-8-9-33(14-18)16-4-6-19(28-12-16)23-31-20-10-15(24(25,26)27)11-30-22(20)34(23)17-5-7-21(35-3)29-13-17/h4-7,10-13,18H,8-9,14H2,1-3H3. The second-order valence-corrected chi connectivity index (χ2v) is 8.65. The van der Waals surface area contributed by atoms with Gasteiger partial charge in [0.25, 0.3) is 0 Å². The first-order chi connectivity index (χ1) is 16.7. The van der Waals surface area contributed by atoms with E-state index in [-0.39, 0.29) is 11.2 Å². The van der Waals surface area contributed by atoms with Crippen LogP contribution in [0.3, 0.4) is 0 Å². The minimum atomic E-state index is -4.52. The van der Waals surface area contributed by atoms with Gasteiger partial charge in [-0.3, -0.25) is 9.55 Å². The van der Waals surface area contributed by atoms with E-state index in [2.05, 4.69) is 43.8 Å². The van der Waals surface area contributed by atoms with E-state index in [1.807, 2.05) is 12.1 Å². The average molecular weight is 483 g/mol. The molecule has 1 fully saturated rings. The van der Waals surface area contributed by atoms with Gasteiger partial charge < -0.3 is 14.5 Å². The lowest BCUT2D eigenvalue weighted by Gasteiger charge is -2.21. The monoisotopic (exact) mass is 483 g/mol. The van der Waals surface area contributed by atoms with E-state index in [0.717, 1.165) is 37.5 Å². The lowest BCUT2D eigenvalue weighted by atomic mass is 10.2. The Labute approximate surface area is 200 Å². The van der Waals surface area contributed by atoms with Crippen LogP contribution < -0.4 is 9.64 Å². The maximum Gasteiger partial charge on any atom is 0.417 e. The predicted molar refractivity (Wildman–Crippen MR) is 126 cm³/mol. The van der Waals surface area contributed by atoms with E-state index in [1.54, 1.807) is 29.1 Å². The molecule has 5 rings (SSSR count). The summed E-state index contributed by atoms with van der Waals surface area (Å²) in [5.41, 5.74) is 1.62. The van der Waals surface area contributed by atoms with Crippen molar-refractivity contribution < 1.29 is 17.9 Å². The van der Waals surface area contributed by atoms with Crippen molar-refractivity contribution in [3.63, 3.8) is 0 Å². The zero-order valence-corrected chi connectivity index (χ0v) is 19.5. The van der Waals surface area contributed by atoms with Gasteiger partial charge >= 0.3 is 6.18 Å². The van der Waals surface area contributed by atoms with Gasteiger partial charge in [-0.2, -0.15) is 13.2 Å². The number of fused-ring (bicyclic) bond motifs is 1. The van der Waals surface area contributed by atoms with Crippen LogP contribution in [0.4, 0.5) is 18.9 Å². The number of halogens is 3. The van der Waals surface area contributed by atoms with Crippen LogP contribution in [-0.4, -0.2) is 69.7 Å². The highest BCUT2D eigenvalue weighted by Gasteiger charge is 2.32. The van der Waals surface area contributed by atoms with Gasteiger partial charge in [-0.05, 0) is 44.8 Å². The van der Waals surface area contributed by atoms with Crippen molar-refractivity contribution in [2.24, 2.45) is 0 Å². The molecule has 0 N–H and O–H groups in total. The quantitative estimate of drug-likeness (QED) is 0.424. The summed E-state index contributed by atoms with van der Waals surface area (Å²) in [4.78, 5) is 21.9. The first-order valence-electron chi connectivity index (χ1n) is 11.1. The van der Waals surface area contributed by atoms with Crippen molar-refractivity contribution in [3.05, 3.63) is 54.5 Å². The number of rotatable bonds is 5. The third kappa shape index (κ3) is 4.39. The van der Waals surface area contributed by atoms with Gasteiger partial charge in [0, 0.05) is 31.4 Å². The predicted octanol–water partition coefficient (Wildman–Crippen LogP) is 4.05. The van der Waals surface area contributed by atoms with Crippen LogP contribution in [0, 0.1) is 0 Å². The van der Waals surface area contributed by atoms with Crippen LogP contribution in [0.15, 0.2) is 48.9 Å². The van der Waals surface area contributed by atoms with Gasteiger partial charge in [0.05, 0.1) is 36.4 Å². The molecule has 8 nitrogen and oxygen atoms in total. The minimum Gasteiger partial charge on any atom is -0.481 e. The molecule has 1 atom stereocenters. The summed E-state index contributed by atoms with van der Waals surface area (Å²) in [6.45, 7) is 1.85. The summed E-state index contributed by atoms with van der Waals surface area (Å²) < 4.78 is 46.7. The van der Waals surface area contributed by atoms with Crippen LogP contribution in [-0.2, 0) is 6.18 Å². The van der Waals surface area contributed by atoms with Gasteiger partial charge in [0.15, 0.2) is 11.5 Å². The Morgan fingerprint density at radius 3 is 2.37 bits per heavy atom. The molecule has 4 aromatic heterocycles. The van der Waals surface area contributed by atoms with Crippen molar-refractivity contribution in [1.82, 2.24) is 29.4 Å². The van der Waals surface area contributed by atoms with E-state index in [1.165, 1.54) is 7.11 Å². The zero-order valence-electron chi connectivity index (χ0n) is 19.5. The number of imidazole rings is 1. The molecule has 1 unspecified atom stereocenters. The maximum atomic E-state index is 13.3. The summed E-state index contributed by atoms with van der Waals surface area (Å²) in [7, 11) is 5.66. The molecule has 0 aliphatic carbocycles. The molecule has 0 spiro atoms. The number of nitrogens with zero attached hydrogens (tertiary/aromatic N) is 7. The van der Waals surface area contributed by atoms with Crippen LogP contribution >= 0.6 is 0 Å². The van der Waals surface area contributed by atoms with Gasteiger partial charge in [-0.1, -0.05) is 0 Å². The van der Waals surface area contributed by atoms with Gasteiger partial charge in [0.2, 0.25) is 5.88 Å². The number of anilines is 1. The molecule has 1 aliphatic rings. The topological polar surface area (TPSA) is 72.2 Å². The second kappa shape index (κ2) is 8.81. The van der Waals surface area contributed by atoms with Crippen LogP contribution in [0.1, 0.15) is 12.0 Å². The molecule has 0 radical (unpaired) electrons. The number of alkyl halides is 3. The summed E-state index contributed by atoms with van der Waals surface area (Å²) >= 11 is 0. The van der Waals surface area contributed by atoms with Crippen LogP contribution in [0.5, 0.6) is 5.88 Å². The van der Waals surface area contributed by atoms with Crippen molar-refractivity contribution in [2.75, 3.05) is 39.2 Å². The summed E-state index contributed by atoms with van der Waals surface area (Å²) in [5, 5.41) is 0. The van der Waals surface area contributed by atoms with Crippen LogP contribution in [0.2, 0.25) is 0 Å². The molecular formula is C24H24F3N7O.